The molecule has 0 radical (unpaired) electrons. The molecule has 0 aliphatic rings. The molecule has 0 unspecified atom stereocenters. The smallest absolute Gasteiger partial charge is 0.241 e. The van der Waals surface area contributed by atoms with Crippen LogP contribution in [0.4, 0.5) is 5.69 Å². The van der Waals surface area contributed by atoms with Crippen LogP contribution in [0.25, 0.3) is 0 Å². The van der Waals surface area contributed by atoms with Crippen molar-refractivity contribution >= 4 is 33.2 Å². The number of thioether (sulfide) groups is 1. The number of nitrogens with one attached hydrogen (secondary N) is 1. The van der Waals surface area contributed by atoms with E-state index < -0.39 is 15.9 Å². The zero-order valence-corrected chi connectivity index (χ0v) is 13.5. The van der Waals surface area contributed by atoms with Crippen LogP contribution in [0.15, 0.2) is 23.1 Å². The Labute approximate surface area is 124 Å². The molecule has 5 nitrogen and oxygen atoms in total. The number of hydrogen-bond donors (Lipinski definition) is 2. The minimum absolute atomic E-state index is 0.177. The number of nitrogens with two attached hydrogens (primary N) is 1. The van der Waals surface area contributed by atoms with Crippen molar-refractivity contribution in [1.82, 2.24) is 0 Å². The van der Waals surface area contributed by atoms with Crippen molar-refractivity contribution in [2.24, 2.45) is 5.73 Å². The monoisotopic (exact) mass is 316 g/mol. The summed E-state index contributed by atoms with van der Waals surface area (Å²) in [6.07, 6.45) is 3.66. The van der Waals surface area contributed by atoms with Crippen LogP contribution in [0.5, 0.6) is 0 Å². The third-order valence-electron chi connectivity index (χ3n) is 2.86. The predicted molar refractivity (Wildman–Crippen MR) is 83.9 cm³/mol. The van der Waals surface area contributed by atoms with Gasteiger partial charge in [0.1, 0.15) is 0 Å². The molecular weight excluding hydrogens is 296 g/mol. The van der Waals surface area contributed by atoms with Crippen molar-refractivity contribution in [3.63, 3.8) is 0 Å². The van der Waals surface area contributed by atoms with E-state index in [0.717, 1.165) is 17.6 Å². The number of hydrogen-bond acceptors (Lipinski definition) is 5. The van der Waals surface area contributed by atoms with E-state index in [-0.39, 0.29) is 10.8 Å². The van der Waals surface area contributed by atoms with E-state index in [0.29, 0.717) is 12.1 Å². The van der Waals surface area contributed by atoms with Gasteiger partial charge in [0, 0.05) is 11.9 Å². The van der Waals surface area contributed by atoms with Crippen molar-refractivity contribution in [2.45, 2.75) is 24.3 Å². The highest BCUT2D eigenvalue weighted by atomic mass is 32.2. The second-order valence-corrected chi connectivity index (χ2v) is 7.63. The molecule has 1 aromatic carbocycles. The van der Waals surface area contributed by atoms with E-state index in [1.54, 1.807) is 24.8 Å². The Morgan fingerprint density at radius 1 is 1.45 bits per heavy atom. The van der Waals surface area contributed by atoms with Crippen LogP contribution in [0.2, 0.25) is 0 Å². The zero-order valence-electron chi connectivity index (χ0n) is 11.8. The topological polar surface area (TPSA) is 89.3 Å². The number of benzene rings is 1. The maximum absolute atomic E-state index is 11.9. The third-order valence-corrected chi connectivity index (χ3v) is 4.62. The zero-order chi connectivity index (χ0) is 15.3. The van der Waals surface area contributed by atoms with E-state index in [4.69, 9.17) is 5.73 Å². The largest absolute Gasteiger partial charge is 0.324 e. The van der Waals surface area contributed by atoms with Crippen molar-refractivity contribution in [3.05, 3.63) is 23.8 Å². The summed E-state index contributed by atoms with van der Waals surface area (Å²) in [5, 5.41) is 2.69. The van der Waals surface area contributed by atoms with Crippen LogP contribution < -0.4 is 11.1 Å². The fraction of sp³-hybridized carbons (Fsp3) is 0.462. The normalized spacial score (nSPS) is 13.0. The van der Waals surface area contributed by atoms with Crippen LogP contribution in [0.3, 0.4) is 0 Å². The third kappa shape index (κ3) is 4.81. The van der Waals surface area contributed by atoms with Gasteiger partial charge >= 0.3 is 0 Å². The Hall–Kier alpha value is -1.05. The van der Waals surface area contributed by atoms with Gasteiger partial charge in [-0.25, -0.2) is 8.42 Å². The highest BCUT2D eigenvalue weighted by Crippen LogP contribution is 2.20. The average molecular weight is 316 g/mol. The molecule has 0 aliphatic heterocycles. The van der Waals surface area contributed by atoms with E-state index in [2.05, 4.69) is 5.32 Å². The molecule has 1 aromatic rings. The molecule has 0 fully saturated rings. The predicted octanol–water partition coefficient (Wildman–Crippen LogP) is 1.42. The van der Waals surface area contributed by atoms with Crippen molar-refractivity contribution in [1.29, 1.82) is 0 Å². The van der Waals surface area contributed by atoms with Gasteiger partial charge < -0.3 is 11.1 Å². The van der Waals surface area contributed by atoms with Crippen molar-refractivity contribution < 1.29 is 13.2 Å². The standard InChI is InChI=1S/C13H20N2O3S2/c1-9-4-5-10(20(3,17)18)8-12(9)15-13(16)11(14)6-7-19-2/h4-5,8,11H,6-7,14H2,1-3H3,(H,15,16)/t11-/m1/s1. The van der Waals surface area contributed by atoms with Gasteiger partial charge in [-0.1, -0.05) is 6.07 Å². The van der Waals surface area contributed by atoms with E-state index in [9.17, 15) is 13.2 Å². The lowest BCUT2D eigenvalue weighted by atomic mass is 10.1. The Balaban J connectivity index is 2.89. The van der Waals surface area contributed by atoms with Crippen LogP contribution in [0, 0.1) is 6.92 Å². The van der Waals surface area contributed by atoms with Crippen LogP contribution in [-0.2, 0) is 14.6 Å². The molecule has 7 heteroatoms. The van der Waals surface area contributed by atoms with Gasteiger partial charge in [0.15, 0.2) is 9.84 Å². The van der Waals surface area contributed by atoms with Crippen LogP contribution >= 0.6 is 11.8 Å². The molecule has 1 amide bonds. The van der Waals surface area contributed by atoms with Gasteiger partial charge in [0.05, 0.1) is 10.9 Å². The molecule has 0 heterocycles. The summed E-state index contributed by atoms with van der Waals surface area (Å²) in [6, 6.07) is 4.06. The SMILES string of the molecule is CSCC[C@@H](N)C(=O)Nc1cc(S(C)(=O)=O)ccc1C. The highest BCUT2D eigenvalue weighted by molar-refractivity contribution is 7.98. The quantitative estimate of drug-likeness (QED) is 0.828. The Kier molecular flexibility index (Phi) is 6.04. The molecule has 1 rings (SSSR count). The second kappa shape index (κ2) is 7.10. The Morgan fingerprint density at radius 3 is 2.65 bits per heavy atom. The highest BCUT2D eigenvalue weighted by Gasteiger charge is 2.15. The van der Waals surface area contributed by atoms with Gasteiger partial charge in [-0.05, 0) is 43.0 Å². The number of aryl methyl sites for hydroxylation is 1. The molecule has 0 aromatic heterocycles. The van der Waals surface area contributed by atoms with E-state index >= 15 is 0 Å². The molecule has 3 N–H and O–H groups in total. The molecular formula is C13H20N2O3S2. The maximum Gasteiger partial charge on any atom is 0.241 e. The second-order valence-electron chi connectivity index (χ2n) is 4.63. The van der Waals surface area contributed by atoms with Gasteiger partial charge in [0.25, 0.3) is 0 Å². The first-order chi connectivity index (χ1) is 9.25. The number of carbonyl (C=O) groups is 1. The fourth-order valence-corrected chi connectivity index (χ4v) is 2.70. The van der Waals surface area contributed by atoms with Crippen LogP contribution in [0.1, 0.15) is 12.0 Å². The Morgan fingerprint density at radius 2 is 2.10 bits per heavy atom. The lowest BCUT2D eigenvalue weighted by molar-refractivity contribution is -0.117. The number of sulfone groups is 1. The number of carbonyl (C=O) groups excluding carboxylic acids is 1. The maximum atomic E-state index is 11.9. The lowest BCUT2D eigenvalue weighted by Crippen LogP contribution is -2.36. The van der Waals surface area contributed by atoms with Gasteiger partial charge in [-0.2, -0.15) is 11.8 Å². The molecule has 112 valence electrons. The van der Waals surface area contributed by atoms with Crippen molar-refractivity contribution in [3.8, 4) is 0 Å². The molecule has 0 saturated heterocycles. The minimum Gasteiger partial charge on any atom is -0.324 e. The number of amides is 1. The summed E-state index contributed by atoms with van der Waals surface area (Å²) >= 11 is 1.62. The molecule has 0 bridgehead atoms. The number of rotatable bonds is 6. The molecule has 0 spiro atoms. The minimum atomic E-state index is -3.30. The summed E-state index contributed by atoms with van der Waals surface area (Å²) in [7, 11) is -3.30. The molecule has 0 aliphatic carbocycles. The first kappa shape index (κ1) is 17.0. The van der Waals surface area contributed by atoms with Gasteiger partial charge in [-0.3, -0.25) is 4.79 Å². The van der Waals surface area contributed by atoms with Gasteiger partial charge in [0.2, 0.25) is 5.91 Å². The van der Waals surface area contributed by atoms with Gasteiger partial charge in [-0.15, -0.1) is 0 Å². The van der Waals surface area contributed by atoms with E-state index in [1.807, 2.05) is 6.26 Å². The number of anilines is 1. The first-order valence-electron chi connectivity index (χ1n) is 6.12. The van der Waals surface area contributed by atoms with Crippen molar-refractivity contribution in [2.75, 3.05) is 23.6 Å². The van der Waals surface area contributed by atoms with E-state index in [1.165, 1.54) is 12.1 Å². The summed E-state index contributed by atoms with van der Waals surface area (Å²) in [5.41, 5.74) is 7.06. The summed E-state index contributed by atoms with van der Waals surface area (Å²) in [6.45, 7) is 1.80. The lowest BCUT2D eigenvalue weighted by Gasteiger charge is -2.14. The first-order valence-corrected chi connectivity index (χ1v) is 9.40. The summed E-state index contributed by atoms with van der Waals surface area (Å²) in [5.74, 6) is 0.504. The summed E-state index contributed by atoms with van der Waals surface area (Å²) < 4.78 is 23.0. The molecule has 0 saturated carbocycles. The fourth-order valence-electron chi connectivity index (χ4n) is 1.57. The average Bonchev–Trinajstić information content (AvgIpc) is 2.37. The molecule has 1 atom stereocenters. The summed E-state index contributed by atoms with van der Waals surface area (Å²) in [4.78, 5) is 12.1. The van der Waals surface area contributed by atoms with Crippen LogP contribution in [-0.4, -0.2) is 38.6 Å². The molecule has 20 heavy (non-hydrogen) atoms. The Bertz CT molecular complexity index is 585.